The fourth-order valence-electron chi connectivity index (χ4n) is 1.05. The smallest absolute Gasteiger partial charge is 0.331 e. The number of ether oxygens (including phenoxy) is 1. The molecular formula is C9H12O3. The lowest BCUT2D eigenvalue weighted by atomic mass is 10.2. The van der Waals surface area contributed by atoms with Crippen LogP contribution in [0.15, 0.2) is 23.8 Å². The molecule has 0 aromatic rings. The monoisotopic (exact) mass is 168 g/mol. The van der Waals surface area contributed by atoms with E-state index in [1.54, 1.807) is 19.1 Å². The first kappa shape index (κ1) is 9.00. The van der Waals surface area contributed by atoms with Gasteiger partial charge in [-0.15, -0.1) is 0 Å². The molecule has 1 rings (SSSR count). The van der Waals surface area contributed by atoms with E-state index in [1.807, 2.05) is 0 Å². The average molecular weight is 168 g/mol. The molecule has 1 aliphatic carbocycles. The second-order valence-electron chi connectivity index (χ2n) is 2.60. The van der Waals surface area contributed by atoms with E-state index in [0.29, 0.717) is 13.0 Å². The first-order chi connectivity index (χ1) is 5.72. The summed E-state index contributed by atoms with van der Waals surface area (Å²) in [7, 11) is 0. The number of rotatable bonds is 2. The molecular weight excluding hydrogens is 156 g/mol. The van der Waals surface area contributed by atoms with E-state index >= 15 is 0 Å². The van der Waals surface area contributed by atoms with Gasteiger partial charge in [0.05, 0.1) is 12.7 Å². The average Bonchev–Trinajstić information content (AvgIpc) is 2.36. The highest BCUT2D eigenvalue weighted by molar-refractivity contribution is 5.83. The summed E-state index contributed by atoms with van der Waals surface area (Å²) in [6.45, 7) is 2.14. The second-order valence-corrected chi connectivity index (χ2v) is 2.60. The summed E-state index contributed by atoms with van der Waals surface area (Å²) in [6, 6.07) is 0. The van der Waals surface area contributed by atoms with Gasteiger partial charge in [0.2, 0.25) is 0 Å². The van der Waals surface area contributed by atoms with Crippen LogP contribution in [-0.4, -0.2) is 23.8 Å². The van der Waals surface area contributed by atoms with Gasteiger partial charge in [-0.05, 0) is 12.5 Å². The number of aliphatic hydroxyl groups excluding tert-OH is 1. The van der Waals surface area contributed by atoms with E-state index < -0.39 is 6.10 Å². The van der Waals surface area contributed by atoms with Gasteiger partial charge < -0.3 is 9.84 Å². The maximum Gasteiger partial charge on any atom is 0.331 e. The van der Waals surface area contributed by atoms with Gasteiger partial charge in [0, 0.05) is 12.5 Å². The summed E-state index contributed by atoms with van der Waals surface area (Å²) in [5.74, 6) is -0.341. The van der Waals surface area contributed by atoms with Crippen molar-refractivity contribution in [2.45, 2.75) is 19.4 Å². The third-order valence-electron chi connectivity index (χ3n) is 1.57. The van der Waals surface area contributed by atoms with E-state index in [-0.39, 0.29) is 5.97 Å². The highest BCUT2D eigenvalue weighted by Gasteiger charge is 2.10. The van der Waals surface area contributed by atoms with Crippen LogP contribution < -0.4 is 0 Å². The van der Waals surface area contributed by atoms with Gasteiger partial charge in [-0.2, -0.15) is 0 Å². The Balaban J connectivity index is 2.48. The van der Waals surface area contributed by atoms with Crippen molar-refractivity contribution in [3.8, 4) is 0 Å². The Kier molecular flexibility index (Phi) is 3.05. The third-order valence-corrected chi connectivity index (χ3v) is 1.57. The lowest BCUT2D eigenvalue weighted by molar-refractivity contribution is -0.137. The van der Waals surface area contributed by atoms with Crippen molar-refractivity contribution >= 4 is 5.97 Å². The van der Waals surface area contributed by atoms with Gasteiger partial charge in [0.15, 0.2) is 0 Å². The SMILES string of the molecule is CCOC(=O)/C=C1/C=CC(O)C1. The molecule has 1 unspecified atom stereocenters. The Morgan fingerprint density at radius 3 is 3.17 bits per heavy atom. The molecule has 0 heterocycles. The summed E-state index contributed by atoms with van der Waals surface area (Å²) in [6.07, 6.45) is 4.88. The van der Waals surface area contributed by atoms with Gasteiger partial charge in [-0.3, -0.25) is 0 Å². The van der Waals surface area contributed by atoms with Crippen molar-refractivity contribution in [2.24, 2.45) is 0 Å². The second kappa shape index (κ2) is 4.07. The molecule has 0 aliphatic heterocycles. The van der Waals surface area contributed by atoms with Crippen molar-refractivity contribution in [2.75, 3.05) is 6.61 Å². The zero-order valence-electron chi connectivity index (χ0n) is 6.99. The number of hydrogen-bond donors (Lipinski definition) is 1. The molecule has 0 bridgehead atoms. The molecule has 1 N–H and O–H groups in total. The van der Waals surface area contributed by atoms with Gasteiger partial charge in [-0.1, -0.05) is 12.2 Å². The predicted molar refractivity (Wildman–Crippen MR) is 44.5 cm³/mol. The first-order valence-corrected chi connectivity index (χ1v) is 3.96. The highest BCUT2D eigenvalue weighted by Crippen LogP contribution is 2.16. The number of carbonyl (C=O) groups is 1. The molecule has 0 spiro atoms. The van der Waals surface area contributed by atoms with Crippen LogP contribution in [0.25, 0.3) is 0 Å². The largest absolute Gasteiger partial charge is 0.463 e. The van der Waals surface area contributed by atoms with Crippen LogP contribution in [0.4, 0.5) is 0 Å². The molecule has 0 radical (unpaired) electrons. The zero-order chi connectivity index (χ0) is 8.97. The number of carbonyl (C=O) groups excluding carboxylic acids is 1. The van der Waals surface area contributed by atoms with Gasteiger partial charge >= 0.3 is 5.97 Å². The molecule has 3 nitrogen and oxygen atoms in total. The lowest BCUT2D eigenvalue weighted by Gasteiger charge is -1.98. The Labute approximate surface area is 71.3 Å². The summed E-state index contributed by atoms with van der Waals surface area (Å²) >= 11 is 0. The Bertz CT molecular complexity index is 228. The minimum atomic E-state index is -0.439. The molecule has 1 aliphatic rings. The number of allylic oxidation sites excluding steroid dienone is 1. The third kappa shape index (κ3) is 2.51. The van der Waals surface area contributed by atoms with Crippen molar-refractivity contribution < 1.29 is 14.6 Å². The van der Waals surface area contributed by atoms with Crippen LogP contribution >= 0.6 is 0 Å². The molecule has 3 heteroatoms. The molecule has 0 amide bonds. The minimum Gasteiger partial charge on any atom is -0.463 e. The Morgan fingerprint density at radius 1 is 1.92 bits per heavy atom. The van der Waals surface area contributed by atoms with E-state index in [1.165, 1.54) is 6.08 Å². The maximum absolute atomic E-state index is 10.9. The minimum absolute atomic E-state index is 0.341. The van der Waals surface area contributed by atoms with E-state index in [0.717, 1.165) is 5.57 Å². The van der Waals surface area contributed by atoms with Crippen LogP contribution in [0.2, 0.25) is 0 Å². The van der Waals surface area contributed by atoms with Gasteiger partial charge in [0.1, 0.15) is 0 Å². The lowest BCUT2D eigenvalue weighted by Crippen LogP contribution is -2.01. The van der Waals surface area contributed by atoms with Crippen LogP contribution in [-0.2, 0) is 9.53 Å². The Hall–Kier alpha value is -1.09. The van der Waals surface area contributed by atoms with Crippen LogP contribution in [0, 0.1) is 0 Å². The molecule has 1 atom stereocenters. The maximum atomic E-state index is 10.9. The molecule has 0 fully saturated rings. The summed E-state index contributed by atoms with van der Waals surface area (Å²) < 4.78 is 4.71. The molecule has 66 valence electrons. The topological polar surface area (TPSA) is 46.5 Å². The number of hydrogen-bond acceptors (Lipinski definition) is 3. The van der Waals surface area contributed by atoms with Crippen LogP contribution in [0.5, 0.6) is 0 Å². The summed E-state index contributed by atoms with van der Waals surface area (Å²) in [5, 5.41) is 9.06. The van der Waals surface area contributed by atoms with Crippen LogP contribution in [0.3, 0.4) is 0 Å². The fourth-order valence-corrected chi connectivity index (χ4v) is 1.05. The van der Waals surface area contributed by atoms with Crippen molar-refractivity contribution in [3.63, 3.8) is 0 Å². The van der Waals surface area contributed by atoms with Gasteiger partial charge in [-0.25, -0.2) is 4.79 Å². The fraction of sp³-hybridized carbons (Fsp3) is 0.444. The van der Waals surface area contributed by atoms with E-state index in [2.05, 4.69) is 0 Å². The first-order valence-electron chi connectivity index (χ1n) is 3.96. The highest BCUT2D eigenvalue weighted by atomic mass is 16.5. The summed E-state index contributed by atoms with van der Waals surface area (Å²) in [5.41, 5.74) is 0.820. The molecule has 0 aromatic carbocycles. The van der Waals surface area contributed by atoms with Crippen LogP contribution in [0.1, 0.15) is 13.3 Å². The molecule has 12 heavy (non-hydrogen) atoms. The van der Waals surface area contributed by atoms with Crippen molar-refractivity contribution in [1.82, 2.24) is 0 Å². The normalized spacial score (nSPS) is 24.8. The standard InChI is InChI=1S/C9H12O3/c1-2-12-9(11)6-7-3-4-8(10)5-7/h3-4,6,8,10H,2,5H2,1H3/b7-6-. The number of aliphatic hydroxyl groups is 1. The summed E-state index contributed by atoms with van der Waals surface area (Å²) in [4.78, 5) is 10.9. The van der Waals surface area contributed by atoms with Crippen molar-refractivity contribution in [3.05, 3.63) is 23.8 Å². The molecule has 0 saturated heterocycles. The van der Waals surface area contributed by atoms with Crippen molar-refractivity contribution in [1.29, 1.82) is 0 Å². The van der Waals surface area contributed by atoms with E-state index in [9.17, 15) is 4.79 Å². The van der Waals surface area contributed by atoms with Gasteiger partial charge in [0.25, 0.3) is 0 Å². The molecule has 0 aromatic heterocycles. The zero-order valence-corrected chi connectivity index (χ0v) is 6.99. The van der Waals surface area contributed by atoms with E-state index in [4.69, 9.17) is 9.84 Å². The Morgan fingerprint density at radius 2 is 2.67 bits per heavy atom. The number of esters is 1. The molecule has 0 saturated carbocycles. The quantitative estimate of drug-likeness (QED) is 0.490. The predicted octanol–water partition coefficient (Wildman–Crippen LogP) is 0.797.